The first-order valence-corrected chi connectivity index (χ1v) is 3.79. The van der Waals surface area contributed by atoms with E-state index in [1.165, 1.54) is 0 Å². The van der Waals surface area contributed by atoms with E-state index in [0.717, 1.165) is 5.69 Å². The lowest BCUT2D eigenvalue weighted by molar-refractivity contribution is 0.892. The SMILES string of the molecule is CC(C)Nc1ccnnc1NN. The molecule has 0 atom stereocenters. The van der Waals surface area contributed by atoms with Gasteiger partial charge in [-0.15, -0.1) is 5.10 Å². The van der Waals surface area contributed by atoms with Crippen molar-refractivity contribution in [1.82, 2.24) is 10.2 Å². The molecule has 1 aromatic rings. The third-order valence-electron chi connectivity index (χ3n) is 1.30. The van der Waals surface area contributed by atoms with Gasteiger partial charge in [0.1, 0.15) is 0 Å². The molecule has 0 radical (unpaired) electrons. The molecular formula is C7H13N5. The molecule has 0 amide bonds. The molecule has 1 aromatic heterocycles. The van der Waals surface area contributed by atoms with Crippen LogP contribution in [0.4, 0.5) is 11.5 Å². The van der Waals surface area contributed by atoms with Crippen molar-refractivity contribution in [2.24, 2.45) is 5.84 Å². The van der Waals surface area contributed by atoms with E-state index in [-0.39, 0.29) is 0 Å². The first-order valence-electron chi connectivity index (χ1n) is 3.79. The number of hydrogen-bond acceptors (Lipinski definition) is 5. The fraction of sp³-hybridized carbons (Fsp3) is 0.429. The summed E-state index contributed by atoms with van der Waals surface area (Å²) in [6.07, 6.45) is 1.62. The number of hydrazine groups is 1. The molecule has 0 saturated heterocycles. The quantitative estimate of drug-likeness (QED) is 0.453. The minimum absolute atomic E-state index is 0.348. The van der Waals surface area contributed by atoms with Crippen LogP contribution in [0.15, 0.2) is 12.3 Å². The number of nitrogen functional groups attached to an aromatic ring is 1. The minimum atomic E-state index is 0.348. The number of hydrogen-bond donors (Lipinski definition) is 3. The second-order valence-corrected chi connectivity index (χ2v) is 2.74. The van der Waals surface area contributed by atoms with E-state index in [2.05, 4.69) is 20.9 Å². The molecule has 4 N–H and O–H groups in total. The predicted molar refractivity (Wildman–Crippen MR) is 48.6 cm³/mol. The van der Waals surface area contributed by atoms with Gasteiger partial charge in [0.05, 0.1) is 11.9 Å². The van der Waals surface area contributed by atoms with Crippen molar-refractivity contribution in [2.45, 2.75) is 19.9 Å². The zero-order valence-electron chi connectivity index (χ0n) is 7.20. The third kappa shape index (κ3) is 2.06. The summed E-state index contributed by atoms with van der Waals surface area (Å²) >= 11 is 0. The third-order valence-corrected chi connectivity index (χ3v) is 1.30. The van der Waals surface area contributed by atoms with Crippen LogP contribution in [-0.4, -0.2) is 16.2 Å². The summed E-state index contributed by atoms with van der Waals surface area (Å²) in [5.74, 6) is 5.80. The average molecular weight is 167 g/mol. The summed E-state index contributed by atoms with van der Waals surface area (Å²) < 4.78 is 0. The Morgan fingerprint density at radius 2 is 2.25 bits per heavy atom. The summed E-state index contributed by atoms with van der Waals surface area (Å²) in [5.41, 5.74) is 3.33. The highest BCUT2D eigenvalue weighted by molar-refractivity contribution is 5.62. The molecule has 0 bridgehead atoms. The largest absolute Gasteiger partial charge is 0.380 e. The van der Waals surface area contributed by atoms with Crippen molar-refractivity contribution in [3.8, 4) is 0 Å². The molecule has 12 heavy (non-hydrogen) atoms. The number of aromatic nitrogens is 2. The van der Waals surface area contributed by atoms with E-state index in [9.17, 15) is 0 Å². The van der Waals surface area contributed by atoms with Crippen LogP contribution in [-0.2, 0) is 0 Å². The average Bonchev–Trinajstić information content (AvgIpc) is 2.04. The molecule has 1 rings (SSSR count). The molecule has 66 valence electrons. The lowest BCUT2D eigenvalue weighted by Crippen LogP contribution is -2.16. The second kappa shape index (κ2) is 3.87. The van der Waals surface area contributed by atoms with Crippen LogP contribution in [0.2, 0.25) is 0 Å². The molecule has 0 aliphatic rings. The first-order chi connectivity index (χ1) is 5.74. The van der Waals surface area contributed by atoms with Gasteiger partial charge in [0.2, 0.25) is 0 Å². The van der Waals surface area contributed by atoms with Crippen LogP contribution in [0.1, 0.15) is 13.8 Å². The second-order valence-electron chi connectivity index (χ2n) is 2.74. The van der Waals surface area contributed by atoms with Crippen molar-refractivity contribution < 1.29 is 0 Å². The van der Waals surface area contributed by atoms with E-state index < -0.39 is 0 Å². The van der Waals surface area contributed by atoms with Gasteiger partial charge in [-0.3, -0.25) is 0 Å². The van der Waals surface area contributed by atoms with E-state index in [4.69, 9.17) is 5.84 Å². The molecule has 0 fully saturated rings. The molecule has 0 aliphatic heterocycles. The Kier molecular flexibility index (Phi) is 2.82. The zero-order chi connectivity index (χ0) is 8.97. The van der Waals surface area contributed by atoms with Gasteiger partial charge in [0.25, 0.3) is 0 Å². The van der Waals surface area contributed by atoms with Crippen molar-refractivity contribution in [2.75, 3.05) is 10.7 Å². The monoisotopic (exact) mass is 167 g/mol. The number of nitrogens with two attached hydrogens (primary N) is 1. The zero-order valence-corrected chi connectivity index (χ0v) is 7.20. The van der Waals surface area contributed by atoms with Crippen LogP contribution < -0.4 is 16.6 Å². The Balaban J connectivity index is 2.82. The highest BCUT2D eigenvalue weighted by atomic mass is 15.3. The van der Waals surface area contributed by atoms with Crippen LogP contribution in [0.25, 0.3) is 0 Å². The van der Waals surface area contributed by atoms with E-state index in [1.54, 1.807) is 6.20 Å². The summed E-state index contributed by atoms with van der Waals surface area (Å²) in [5, 5.41) is 10.7. The van der Waals surface area contributed by atoms with E-state index in [1.807, 2.05) is 19.9 Å². The Morgan fingerprint density at radius 1 is 1.50 bits per heavy atom. The van der Waals surface area contributed by atoms with Gasteiger partial charge in [0.15, 0.2) is 5.82 Å². The number of nitrogens with one attached hydrogen (secondary N) is 2. The van der Waals surface area contributed by atoms with Crippen molar-refractivity contribution >= 4 is 11.5 Å². The number of rotatable bonds is 3. The summed E-state index contributed by atoms with van der Waals surface area (Å²) in [6.45, 7) is 4.08. The van der Waals surface area contributed by atoms with E-state index in [0.29, 0.717) is 11.9 Å². The van der Waals surface area contributed by atoms with Crippen LogP contribution >= 0.6 is 0 Å². The van der Waals surface area contributed by atoms with Gasteiger partial charge in [0, 0.05) is 6.04 Å². The maximum absolute atomic E-state index is 5.23. The Morgan fingerprint density at radius 3 is 2.83 bits per heavy atom. The van der Waals surface area contributed by atoms with Crippen molar-refractivity contribution in [1.29, 1.82) is 0 Å². The Labute approximate surface area is 71.3 Å². The molecular weight excluding hydrogens is 154 g/mol. The van der Waals surface area contributed by atoms with Gasteiger partial charge >= 0.3 is 0 Å². The van der Waals surface area contributed by atoms with Crippen LogP contribution in [0.5, 0.6) is 0 Å². The normalized spacial score (nSPS) is 10.0. The van der Waals surface area contributed by atoms with Crippen molar-refractivity contribution in [3.63, 3.8) is 0 Å². The maximum atomic E-state index is 5.23. The van der Waals surface area contributed by atoms with Crippen LogP contribution in [0.3, 0.4) is 0 Å². The number of nitrogens with zero attached hydrogens (tertiary/aromatic N) is 2. The summed E-state index contributed by atoms with van der Waals surface area (Å²) in [6, 6.07) is 2.17. The molecule has 0 unspecified atom stereocenters. The Bertz CT molecular complexity index is 247. The molecule has 0 aliphatic carbocycles. The van der Waals surface area contributed by atoms with E-state index >= 15 is 0 Å². The van der Waals surface area contributed by atoms with Gasteiger partial charge in [-0.25, -0.2) is 5.84 Å². The van der Waals surface area contributed by atoms with Gasteiger partial charge in [-0.05, 0) is 19.9 Å². The fourth-order valence-corrected chi connectivity index (χ4v) is 0.866. The molecule has 0 spiro atoms. The fourth-order valence-electron chi connectivity index (χ4n) is 0.866. The topological polar surface area (TPSA) is 75.9 Å². The predicted octanol–water partition coefficient (Wildman–Crippen LogP) is 0.583. The lowest BCUT2D eigenvalue weighted by Gasteiger charge is -2.11. The first kappa shape index (κ1) is 8.73. The highest BCUT2D eigenvalue weighted by Crippen LogP contribution is 2.15. The molecule has 0 aromatic carbocycles. The van der Waals surface area contributed by atoms with Crippen LogP contribution in [0, 0.1) is 0 Å². The Hall–Kier alpha value is -1.36. The summed E-state index contributed by atoms with van der Waals surface area (Å²) in [7, 11) is 0. The maximum Gasteiger partial charge on any atom is 0.186 e. The highest BCUT2D eigenvalue weighted by Gasteiger charge is 2.02. The van der Waals surface area contributed by atoms with Gasteiger partial charge < -0.3 is 10.7 Å². The van der Waals surface area contributed by atoms with Gasteiger partial charge in [-0.1, -0.05) is 0 Å². The van der Waals surface area contributed by atoms with Crippen molar-refractivity contribution in [3.05, 3.63) is 12.3 Å². The molecule has 5 heteroatoms. The molecule has 0 saturated carbocycles. The summed E-state index contributed by atoms with van der Waals surface area (Å²) in [4.78, 5) is 0. The minimum Gasteiger partial charge on any atom is -0.380 e. The lowest BCUT2D eigenvalue weighted by atomic mass is 10.3. The molecule has 1 heterocycles. The smallest absolute Gasteiger partial charge is 0.186 e. The van der Waals surface area contributed by atoms with Gasteiger partial charge in [-0.2, -0.15) is 5.10 Å². The molecule has 5 nitrogen and oxygen atoms in total. The number of anilines is 2. The standard InChI is InChI=1S/C7H13N5/c1-5(2)10-6-3-4-9-12-7(6)11-8/h3-5H,8H2,1-2H3,(H,9,10)(H,11,12).